The van der Waals surface area contributed by atoms with Crippen LogP contribution >= 0.6 is 0 Å². The summed E-state index contributed by atoms with van der Waals surface area (Å²) in [5.41, 5.74) is -0.837. The average Bonchev–Trinajstić information content (AvgIpc) is 2.13. The Morgan fingerprint density at radius 1 is 1.39 bits per heavy atom. The standard InChI is InChI=1S/C13H23NO4/c1-12(2,8-11(16)17)7-10(15)14-13(3)5-4-6-18-9-13/h4-9H2,1-3H3,(H,14,15)(H,16,17). The second-order valence-electron chi connectivity index (χ2n) is 6.18. The van der Waals surface area contributed by atoms with Gasteiger partial charge < -0.3 is 15.2 Å². The normalized spacial score (nSPS) is 24.6. The van der Waals surface area contributed by atoms with E-state index in [1.807, 2.05) is 6.92 Å². The number of hydrogen-bond donors (Lipinski definition) is 2. The van der Waals surface area contributed by atoms with Crippen LogP contribution in [0.15, 0.2) is 0 Å². The molecule has 1 aliphatic heterocycles. The number of carbonyl (C=O) groups is 2. The Morgan fingerprint density at radius 3 is 2.56 bits per heavy atom. The minimum absolute atomic E-state index is 0.00632. The summed E-state index contributed by atoms with van der Waals surface area (Å²) in [5, 5.41) is 11.8. The summed E-state index contributed by atoms with van der Waals surface area (Å²) < 4.78 is 5.37. The Morgan fingerprint density at radius 2 is 2.06 bits per heavy atom. The SMILES string of the molecule is CC(C)(CC(=O)O)CC(=O)NC1(C)CCCOC1. The monoisotopic (exact) mass is 257 g/mol. The molecule has 2 N–H and O–H groups in total. The van der Waals surface area contributed by atoms with Crippen LogP contribution in [0.25, 0.3) is 0 Å². The molecule has 5 nitrogen and oxygen atoms in total. The maximum atomic E-state index is 12.0. The highest BCUT2D eigenvalue weighted by Gasteiger charge is 2.32. The van der Waals surface area contributed by atoms with Crippen molar-refractivity contribution in [2.75, 3.05) is 13.2 Å². The molecule has 0 spiro atoms. The minimum Gasteiger partial charge on any atom is -0.481 e. The molecule has 1 atom stereocenters. The predicted molar refractivity (Wildman–Crippen MR) is 67.3 cm³/mol. The van der Waals surface area contributed by atoms with Crippen LogP contribution in [0, 0.1) is 5.41 Å². The van der Waals surface area contributed by atoms with Crippen LogP contribution in [0.4, 0.5) is 0 Å². The zero-order valence-electron chi connectivity index (χ0n) is 11.4. The van der Waals surface area contributed by atoms with Crippen molar-refractivity contribution in [3.05, 3.63) is 0 Å². The van der Waals surface area contributed by atoms with Gasteiger partial charge in [0.15, 0.2) is 0 Å². The number of rotatable bonds is 5. The van der Waals surface area contributed by atoms with Gasteiger partial charge in [0.2, 0.25) is 5.91 Å². The maximum absolute atomic E-state index is 12.0. The Kier molecular flexibility index (Phi) is 4.73. The molecule has 104 valence electrons. The first-order valence-electron chi connectivity index (χ1n) is 6.33. The van der Waals surface area contributed by atoms with Crippen molar-refractivity contribution in [3.63, 3.8) is 0 Å². The number of amides is 1. The van der Waals surface area contributed by atoms with Crippen molar-refractivity contribution in [1.29, 1.82) is 0 Å². The van der Waals surface area contributed by atoms with E-state index < -0.39 is 11.4 Å². The van der Waals surface area contributed by atoms with E-state index in [0.717, 1.165) is 19.4 Å². The molecule has 1 rings (SSSR count). The molecule has 1 heterocycles. The van der Waals surface area contributed by atoms with E-state index >= 15 is 0 Å². The fourth-order valence-electron chi connectivity index (χ4n) is 2.32. The number of carbonyl (C=O) groups excluding carboxylic acids is 1. The van der Waals surface area contributed by atoms with E-state index in [1.165, 1.54) is 0 Å². The topological polar surface area (TPSA) is 75.6 Å². The van der Waals surface area contributed by atoms with Crippen molar-refractivity contribution in [3.8, 4) is 0 Å². The van der Waals surface area contributed by atoms with Gasteiger partial charge in [-0.2, -0.15) is 0 Å². The van der Waals surface area contributed by atoms with Crippen LogP contribution in [0.5, 0.6) is 0 Å². The van der Waals surface area contributed by atoms with Crippen LogP contribution in [0.2, 0.25) is 0 Å². The number of ether oxygens (including phenoxy) is 1. The molecule has 5 heteroatoms. The quantitative estimate of drug-likeness (QED) is 0.783. The largest absolute Gasteiger partial charge is 0.481 e. The van der Waals surface area contributed by atoms with Crippen LogP contribution in [-0.2, 0) is 14.3 Å². The Bertz CT molecular complexity index is 319. The summed E-state index contributed by atoms with van der Waals surface area (Å²) in [5.74, 6) is -0.978. The minimum atomic E-state index is -0.875. The molecule has 0 saturated carbocycles. The van der Waals surface area contributed by atoms with Crippen LogP contribution < -0.4 is 5.32 Å². The first-order chi connectivity index (χ1) is 8.22. The summed E-state index contributed by atoms with van der Waals surface area (Å²) in [6, 6.07) is 0. The summed E-state index contributed by atoms with van der Waals surface area (Å²) in [6.07, 6.45) is 2.05. The summed E-state index contributed by atoms with van der Waals surface area (Å²) in [7, 11) is 0. The van der Waals surface area contributed by atoms with Crippen LogP contribution in [0.3, 0.4) is 0 Å². The summed E-state index contributed by atoms with van der Waals surface area (Å²) >= 11 is 0. The van der Waals surface area contributed by atoms with Crippen molar-refractivity contribution in [2.24, 2.45) is 5.41 Å². The van der Waals surface area contributed by atoms with Crippen molar-refractivity contribution >= 4 is 11.9 Å². The lowest BCUT2D eigenvalue weighted by Crippen LogP contribution is -2.52. The van der Waals surface area contributed by atoms with Gasteiger partial charge in [0, 0.05) is 13.0 Å². The summed E-state index contributed by atoms with van der Waals surface area (Å²) in [6.45, 7) is 6.82. The van der Waals surface area contributed by atoms with Gasteiger partial charge in [-0.1, -0.05) is 13.8 Å². The Balaban J connectivity index is 2.47. The molecular weight excluding hydrogens is 234 g/mol. The smallest absolute Gasteiger partial charge is 0.303 e. The van der Waals surface area contributed by atoms with Crippen molar-refractivity contribution in [1.82, 2.24) is 5.32 Å². The fourth-order valence-corrected chi connectivity index (χ4v) is 2.32. The number of carboxylic acids is 1. The lowest BCUT2D eigenvalue weighted by molar-refractivity contribution is -0.139. The second kappa shape index (κ2) is 5.69. The van der Waals surface area contributed by atoms with E-state index in [9.17, 15) is 9.59 Å². The van der Waals surface area contributed by atoms with Gasteiger partial charge in [0.05, 0.1) is 18.6 Å². The van der Waals surface area contributed by atoms with Crippen molar-refractivity contribution < 1.29 is 19.4 Å². The van der Waals surface area contributed by atoms with E-state index in [4.69, 9.17) is 9.84 Å². The first kappa shape index (κ1) is 15.0. The lowest BCUT2D eigenvalue weighted by Gasteiger charge is -2.35. The molecule has 0 aromatic heterocycles. The fraction of sp³-hybridized carbons (Fsp3) is 0.846. The zero-order valence-corrected chi connectivity index (χ0v) is 11.4. The van der Waals surface area contributed by atoms with Crippen LogP contribution in [-0.4, -0.2) is 35.7 Å². The highest BCUT2D eigenvalue weighted by atomic mass is 16.5. The van der Waals surface area contributed by atoms with Crippen LogP contribution in [0.1, 0.15) is 46.5 Å². The maximum Gasteiger partial charge on any atom is 0.303 e. The number of carboxylic acid groups (broad SMARTS) is 1. The molecule has 1 unspecified atom stereocenters. The number of nitrogens with one attached hydrogen (secondary N) is 1. The third-order valence-electron chi connectivity index (χ3n) is 3.15. The Hall–Kier alpha value is -1.10. The van der Waals surface area contributed by atoms with E-state index in [1.54, 1.807) is 13.8 Å². The molecule has 0 radical (unpaired) electrons. The zero-order chi connectivity index (χ0) is 13.8. The molecular formula is C13H23NO4. The van der Waals surface area contributed by atoms with Gasteiger partial charge in [-0.15, -0.1) is 0 Å². The Labute approximate surface area is 108 Å². The molecule has 0 aliphatic carbocycles. The molecule has 1 fully saturated rings. The molecule has 1 amide bonds. The lowest BCUT2D eigenvalue weighted by atomic mass is 9.84. The highest BCUT2D eigenvalue weighted by Crippen LogP contribution is 2.26. The van der Waals surface area contributed by atoms with Gasteiger partial charge in [-0.3, -0.25) is 9.59 Å². The van der Waals surface area contributed by atoms with Gasteiger partial charge >= 0.3 is 5.97 Å². The average molecular weight is 257 g/mol. The van der Waals surface area contributed by atoms with Crippen molar-refractivity contribution in [2.45, 2.75) is 52.0 Å². The predicted octanol–water partition coefficient (Wildman–Crippen LogP) is 1.56. The van der Waals surface area contributed by atoms with Gasteiger partial charge in [0.1, 0.15) is 0 Å². The third-order valence-corrected chi connectivity index (χ3v) is 3.15. The third kappa shape index (κ3) is 5.04. The first-order valence-corrected chi connectivity index (χ1v) is 6.33. The summed E-state index contributed by atoms with van der Waals surface area (Å²) in [4.78, 5) is 22.7. The number of hydrogen-bond acceptors (Lipinski definition) is 3. The second-order valence-corrected chi connectivity index (χ2v) is 6.18. The number of aliphatic carboxylic acids is 1. The molecule has 1 saturated heterocycles. The van der Waals surface area contributed by atoms with Gasteiger partial charge in [0.25, 0.3) is 0 Å². The van der Waals surface area contributed by atoms with Gasteiger partial charge in [-0.25, -0.2) is 0 Å². The highest BCUT2D eigenvalue weighted by molar-refractivity contribution is 5.78. The molecule has 1 aliphatic rings. The molecule has 0 bridgehead atoms. The molecule has 0 aromatic rings. The van der Waals surface area contributed by atoms with Gasteiger partial charge in [-0.05, 0) is 25.2 Å². The van der Waals surface area contributed by atoms with E-state index in [0.29, 0.717) is 6.61 Å². The van der Waals surface area contributed by atoms with E-state index in [-0.39, 0.29) is 24.3 Å². The molecule has 0 aromatic carbocycles. The molecule has 18 heavy (non-hydrogen) atoms. The van der Waals surface area contributed by atoms with E-state index in [2.05, 4.69) is 5.32 Å².